The van der Waals surface area contributed by atoms with Crippen LogP contribution in [0.3, 0.4) is 0 Å². The van der Waals surface area contributed by atoms with Gasteiger partial charge in [-0.1, -0.05) is 0 Å². The van der Waals surface area contributed by atoms with Gasteiger partial charge in [-0.15, -0.1) is 0 Å². The van der Waals surface area contributed by atoms with E-state index in [1.807, 2.05) is 0 Å². The van der Waals surface area contributed by atoms with Gasteiger partial charge in [0.1, 0.15) is 30.0 Å². The van der Waals surface area contributed by atoms with Crippen LogP contribution >= 0.6 is 0 Å². The maximum Gasteiger partial charge on any atom is 0.332 e. The molecule has 4 aromatic rings. The standard InChI is InChI=1S/C19H15FN4O4/c1-2-26-13-3-4-21-18-16(13)24(19(25)23-18)10-7-11-15(12(20)8-10)22-9-14-17(11)28-6-5-27-14/h3-4,7-9H,2,5-6H2,1H3,(H,21,23,25)/i1D3,2D2. The molecule has 0 spiro atoms. The molecule has 1 aliphatic rings. The van der Waals surface area contributed by atoms with Gasteiger partial charge in [0.25, 0.3) is 0 Å². The maximum atomic E-state index is 15.0. The molecule has 4 heterocycles. The molecule has 0 unspecified atom stereocenters. The molecule has 0 bridgehead atoms. The molecule has 28 heavy (non-hydrogen) atoms. The predicted molar refractivity (Wildman–Crippen MR) is 99.1 cm³/mol. The summed E-state index contributed by atoms with van der Waals surface area (Å²) in [4.78, 5) is 23.4. The number of imidazole rings is 1. The first-order chi connectivity index (χ1) is 15.6. The smallest absolute Gasteiger partial charge is 0.332 e. The zero-order valence-electron chi connectivity index (χ0n) is 19.2. The van der Waals surface area contributed by atoms with Gasteiger partial charge in [0, 0.05) is 22.4 Å². The van der Waals surface area contributed by atoms with Crippen LogP contribution in [-0.4, -0.2) is 39.3 Å². The van der Waals surface area contributed by atoms with Crippen molar-refractivity contribution in [1.29, 1.82) is 0 Å². The van der Waals surface area contributed by atoms with Crippen LogP contribution in [0.25, 0.3) is 27.8 Å². The topological polar surface area (TPSA) is 91.3 Å². The van der Waals surface area contributed by atoms with E-state index in [4.69, 9.17) is 21.1 Å². The number of pyridine rings is 2. The van der Waals surface area contributed by atoms with Crippen LogP contribution in [-0.2, 0) is 0 Å². The largest absolute Gasteiger partial charge is 0.491 e. The molecule has 9 heteroatoms. The highest BCUT2D eigenvalue weighted by Gasteiger charge is 2.21. The Labute approximate surface area is 164 Å². The third-order valence-corrected chi connectivity index (χ3v) is 4.37. The Bertz CT molecular complexity index is 1470. The Balaban J connectivity index is 1.76. The normalized spacial score (nSPS) is 16.8. The minimum Gasteiger partial charge on any atom is -0.491 e. The van der Waals surface area contributed by atoms with Crippen molar-refractivity contribution in [2.24, 2.45) is 0 Å². The number of rotatable bonds is 3. The third-order valence-electron chi connectivity index (χ3n) is 4.37. The third kappa shape index (κ3) is 2.39. The summed E-state index contributed by atoms with van der Waals surface area (Å²) in [5.74, 6) is -0.418. The second kappa shape index (κ2) is 6.22. The first kappa shape index (κ1) is 12.0. The van der Waals surface area contributed by atoms with E-state index >= 15 is 4.39 Å². The molecule has 142 valence electrons. The zero-order valence-corrected chi connectivity index (χ0v) is 14.2. The van der Waals surface area contributed by atoms with E-state index in [2.05, 4.69) is 15.0 Å². The summed E-state index contributed by atoms with van der Waals surface area (Å²) < 4.78 is 70.0. The van der Waals surface area contributed by atoms with Crippen molar-refractivity contribution in [3.63, 3.8) is 0 Å². The Kier molecular flexibility index (Phi) is 2.66. The first-order valence-electron chi connectivity index (χ1n) is 10.7. The summed E-state index contributed by atoms with van der Waals surface area (Å²) in [5.41, 5.74) is -0.759. The molecule has 0 fully saturated rings. The lowest BCUT2D eigenvalue weighted by atomic mass is 10.1. The summed E-state index contributed by atoms with van der Waals surface area (Å²) in [5, 5.41) is 0.257. The van der Waals surface area contributed by atoms with Gasteiger partial charge in [-0.3, -0.25) is 9.55 Å². The second-order valence-electron chi connectivity index (χ2n) is 5.95. The number of aromatic amines is 1. The van der Waals surface area contributed by atoms with Crippen LogP contribution in [0.15, 0.2) is 35.4 Å². The van der Waals surface area contributed by atoms with Gasteiger partial charge in [0.05, 0.1) is 26.6 Å². The van der Waals surface area contributed by atoms with E-state index in [1.165, 1.54) is 24.5 Å². The van der Waals surface area contributed by atoms with Crippen molar-refractivity contribution in [2.75, 3.05) is 19.8 Å². The van der Waals surface area contributed by atoms with E-state index in [0.29, 0.717) is 12.4 Å². The highest BCUT2D eigenvalue weighted by atomic mass is 19.1. The van der Waals surface area contributed by atoms with Crippen molar-refractivity contribution in [2.45, 2.75) is 6.85 Å². The van der Waals surface area contributed by atoms with E-state index in [0.717, 1.165) is 10.6 Å². The summed E-state index contributed by atoms with van der Waals surface area (Å²) in [7, 11) is 0. The number of nitrogens with one attached hydrogen (secondary N) is 1. The summed E-state index contributed by atoms with van der Waals surface area (Å²) in [6.07, 6.45) is 2.57. The Morgan fingerprint density at radius 2 is 2.29 bits per heavy atom. The fourth-order valence-electron chi connectivity index (χ4n) is 3.27. The van der Waals surface area contributed by atoms with Crippen molar-refractivity contribution < 1.29 is 25.5 Å². The average molecular weight is 387 g/mol. The molecule has 8 nitrogen and oxygen atoms in total. The van der Waals surface area contributed by atoms with E-state index < -0.39 is 24.9 Å². The van der Waals surface area contributed by atoms with Gasteiger partial charge < -0.3 is 14.2 Å². The number of fused-ring (bicyclic) bond motifs is 4. The van der Waals surface area contributed by atoms with E-state index in [1.54, 1.807) is 0 Å². The number of H-pyrrole nitrogens is 1. The van der Waals surface area contributed by atoms with Crippen molar-refractivity contribution in [3.05, 3.63) is 46.9 Å². The van der Waals surface area contributed by atoms with E-state index in [9.17, 15) is 4.79 Å². The molecule has 0 aliphatic carbocycles. The van der Waals surface area contributed by atoms with Gasteiger partial charge in [0.2, 0.25) is 0 Å². The molecule has 1 aromatic carbocycles. The van der Waals surface area contributed by atoms with Crippen molar-refractivity contribution in [1.82, 2.24) is 19.5 Å². The number of hydrogen-bond donors (Lipinski definition) is 1. The van der Waals surface area contributed by atoms with Crippen LogP contribution in [0.5, 0.6) is 17.2 Å². The van der Waals surface area contributed by atoms with Gasteiger partial charge in [-0.25, -0.2) is 19.2 Å². The number of ether oxygens (including phenoxy) is 3. The molecule has 1 N–H and O–H groups in total. The lowest BCUT2D eigenvalue weighted by molar-refractivity contribution is 0.173. The molecule has 0 radical (unpaired) electrons. The molecule has 5 rings (SSSR count). The number of hydrogen-bond acceptors (Lipinski definition) is 6. The average Bonchev–Trinajstić information content (AvgIpc) is 3.09. The number of aromatic nitrogens is 4. The fraction of sp³-hybridized carbons (Fsp3) is 0.211. The summed E-state index contributed by atoms with van der Waals surface area (Å²) in [6.45, 7) is -5.62. The molecule has 1 aliphatic heterocycles. The summed E-state index contributed by atoms with van der Waals surface area (Å²) >= 11 is 0. The minimum atomic E-state index is -3.11. The van der Waals surface area contributed by atoms with Crippen molar-refractivity contribution >= 4 is 22.1 Å². The lowest BCUT2D eigenvalue weighted by Gasteiger charge is -2.20. The molecule has 0 atom stereocenters. The lowest BCUT2D eigenvalue weighted by Crippen LogP contribution is -2.17. The van der Waals surface area contributed by atoms with Crippen LogP contribution in [0.4, 0.5) is 4.39 Å². The van der Waals surface area contributed by atoms with Gasteiger partial charge in [-0.05, 0) is 12.9 Å². The van der Waals surface area contributed by atoms with Gasteiger partial charge in [-0.2, -0.15) is 0 Å². The number of benzene rings is 1. The molecule has 3 aromatic heterocycles. The summed E-state index contributed by atoms with van der Waals surface area (Å²) in [6, 6.07) is 3.74. The quantitative estimate of drug-likeness (QED) is 0.581. The fourth-order valence-corrected chi connectivity index (χ4v) is 3.27. The van der Waals surface area contributed by atoms with Gasteiger partial charge in [0.15, 0.2) is 23.0 Å². The molecule has 0 amide bonds. The van der Waals surface area contributed by atoms with E-state index in [-0.39, 0.29) is 45.9 Å². The van der Waals surface area contributed by atoms with Crippen LogP contribution in [0, 0.1) is 5.82 Å². The SMILES string of the molecule is [2H]C([2H])([2H])C([2H])([2H])Oc1ccnc2[nH]c(=O)n(-c3cc(F)c4ncc5c(c4c3)OCCO5)c12. The zero-order chi connectivity index (χ0) is 23.5. The van der Waals surface area contributed by atoms with Crippen LogP contribution < -0.4 is 19.9 Å². The molecular formula is C19H15FN4O4. The first-order valence-corrected chi connectivity index (χ1v) is 8.24. The monoisotopic (exact) mass is 387 g/mol. The Hall–Kier alpha value is -3.62. The predicted octanol–water partition coefficient (Wildman–Crippen LogP) is 2.57. The van der Waals surface area contributed by atoms with Crippen molar-refractivity contribution in [3.8, 4) is 22.9 Å². The Morgan fingerprint density at radius 1 is 1.39 bits per heavy atom. The highest BCUT2D eigenvalue weighted by Crippen LogP contribution is 2.38. The highest BCUT2D eigenvalue weighted by molar-refractivity contribution is 5.90. The Morgan fingerprint density at radius 3 is 3.18 bits per heavy atom. The van der Waals surface area contributed by atoms with Crippen LogP contribution in [0.2, 0.25) is 0 Å². The van der Waals surface area contributed by atoms with Crippen LogP contribution in [0.1, 0.15) is 13.7 Å². The molecule has 0 saturated carbocycles. The number of nitrogens with zero attached hydrogens (tertiary/aromatic N) is 3. The molecule has 0 saturated heterocycles. The van der Waals surface area contributed by atoms with Gasteiger partial charge >= 0.3 is 5.69 Å². The minimum absolute atomic E-state index is 0.00391. The maximum absolute atomic E-state index is 15.0. The molecular weight excluding hydrogens is 367 g/mol. The number of halogens is 1. The second-order valence-corrected chi connectivity index (χ2v) is 5.95.